The lowest BCUT2D eigenvalue weighted by Crippen LogP contribution is -2.52. The highest BCUT2D eigenvalue weighted by molar-refractivity contribution is 6.05. The first-order valence-electron chi connectivity index (χ1n) is 15.0. The second-order valence-corrected chi connectivity index (χ2v) is 12.0. The Kier molecular flexibility index (Phi) is 8.18. The van der Waals surface area contributed by atoms with Crippen LogP contribution in [0.2, 0.25) is 0 Å². The smallest absolute Gasteiger partial charge is 0.255 e. The number of hydrogen-bond donors (Lipinski definition) is 1. The van der Waals surface area contributed by atoms with Gasteiger partial charge in [0.15, 0.2) is 6.29 Å². The number of hydrogen-bond acceptors (Lipinski definition) is 7. The lowest BCUT2D eigenvalue weighted by molar-refractivity contribution is -0.170. The van der Waals surface area contributed by atoms with Crippen molar-refractivity contribution in [3.8, 4) is 0 Å². The fourth-order valence-electron chi connectivity index (χ4n) is 6.96. The van der Waals surface area contributed by atoms with E-state index in [0.717, 1.165) is 69.4 Å². The minimum atomic E-state index is -0.567. The quantitative estimate of drug-likeness (QED) is 0.534. The van der Waals surface area contributed by atoms with Gasteiger partial charge >= 0.3 is 0 Å². The molecule has 4 aliphatic heterocycles. The molecule has 3 saturated heterocycles. The van der Waals surface area contributed by atoms with Gasteiger partial charge in [-0.3, -0.25) is 24.6 Å². The molecular formula is C30H42N4O5. The molecule has 0 spiro atoms. The monoisotopic (exact) mass is 538 g/mol. The van der Waals surface area contributed by atoms with Crippen LogP contribution >= 0.6 is 0 Å². The molecule has 0 aromatic heterocycles. The van der Waals surface area contributed by atoms with Crippen molar-refractivity contribution < 1.29 is 23.9 Å². The summed E-state index contributed by atoms with van der Waals surface area (Å²) in [5.41, 5.74) is 2.73. The van der Waals surface area contributed by atoms with Gasteiger partial charge in [0, 0.05) is 63.5 Å². The van der Waals surface area contributed by atoms with Crippen molar-refractivity contribution in [2.45, 2.75) is 76.7 Å². The van der Waals surface area contributed by atoms with Crippen LogP contribution in [0.1, 0.15) is 73.7 Å². The number of piperazine rings is 1. The molecule has 5 aliphatic rings. The van der Waals surface area contributed by atoms with Gasteiger partial charge in [0.05, 0.1) is 6.61 Å². The van der Waals surface area contributed by atoms with Crippen LogP contribution < -0.4 is 10.2 Å². The van der Waals surface area contributed by atoms with Crippen LogP contribution in [0, 0.1) is 11.8 Å². The number of benzene rings is 1. The lowest BCUT2D eigenvalue weighted by atomic mass is 9.82. The van der Waals surface area contributed by atoms with Crippen LogP contribution in [0.3, 0.4) is 0 Å². The van der Waals surface area contributed by atoms with Crippen molar-refractivity contribution in [2.24, 2.45) is 11.8 Å². The van der Waals surface area contributed by atoms with Crippen molar-refractivity contribution in [2.75, 3.05) is 50.8 Å². The van der Waals surface area contributed by atoms with E-state index in [1.165, 1.54) is 38.6 Å². The van der Waals surface area contributed by atoms with E-state index in [9.17, 15) is 14.4 Å². The number of amides is 3. The summed E-state index contributed by atoms with van der Waals surface area (Å²) in [6.45, 7) is 7.28. The SMILES string of the molecule is O=C1CCC(N2Cc3ccc(N4CCN(C[C@H]5CC[C@@H](COC6CCCCO6)CC5)CC4)cc3C2=O)C(=O)N1. The summed E-state index contributed by atoms with van der Waals surface area (Å²) in [7, 11) is 0. The normalized spacial score (nSPS) is 30.4. The van der Waals surface area contributed by atoms with E-state index in [-0.39, 0.29) is 30.4 Å². The number of carbonyl (C=O) groups excluding carboxylic acids is 3. The van der Waals surface area contributed by atoms with E-state index >= 15 is 0 Å². The molecule has 212 valence electrons. The highest BCUT2D eigenvalue weighted by Crippen LogP contribution is 2.33. The van der Waals surface area contributed by atoms with Crippen molar-refractivity contribution in [1.82, 2.24) is 15.1 Å². The van der Waals surface area contributed by atoms with Gasteiger partial charge in [0.1, 0.15) is 6.04 Å². The largest absolute Gasteiger partial charge is 0.369 e. The molecule has 2 unspecified atom stereocenters. The van der Waals surface area contributed by atoms with Gasteiger partial charge in [-0.1, -0.05) is 6.07 Å². The van der Waals surface area contributed by atoms with Gasteiger partial charge in [-0.2, -0.15) is 0 Å². The molecule has 1 saturated carbocycles. The van der Waals surface area contributed by atoms with Gasteiger partial charge in [-0.25, -0.2) is 0 Å². The summed E-state index contributed by atoms with van der Waals surface area (Å²) in [4.78, 5) is 43.7. The van der Waals surface area contributed by atoms with Crippen LogP contribution in [0.15, 0.2) is 18.2 Å². The molecule has 39 heavy (non-hydrogen) atoms. The Hall–Kier alpha value is -2.49. The van der Waals surface area contributed by atoms with Crippen LogP contribution in [-0.4, -0.2) is 85.8 Å². The van der Waals surface area contributed by atoms with E-state index in [0.29, 0.717) is 24.4 Å². The Bertz CT molecular complexity index is 1060. The third-order valence-corrected chi connectivity index (χ3v) is 9.39. The Labute approximate surface area is 231 Å². The molecule has 4 heterocycles. The zero-order chi connectivity index (χ0) is 26.8. The predicted octanol–water partition coefficient (Wildman–Crippen LogP) is 2.92. The highest BCUT2D eigenvalue weighted by atomic mass is 16.7. The second kappa shape index (κ2) is 11.9. The van der Waals surface area contributed by atoms with Crippen LogP contribution in [0.25, 0.3) is 0 Å². The zero-order valence-electron chi connectivity index (χ0n) is 22.9. The lowest BCUT2D eigenvalue weighted by Gasteiger charge is -2.39. The molecule has 0 radical (unpaired) electrons. The number of ether oxygens (including phenoxy) is 2. The van der Waals surface area contributed by atoms with Crippen LogP contribution in [0.5, 0.6) is 0 Å². The minimum absolute atomic E-state index is 0.0286. The molecule has 2 atom stereocenters. The predicted molar refractivity (Wildman–Crippen MR) is 146 cm³/mol. The molecule has 1 aromatic rings. The zero-order valence-corrected chi connectivity index (χ0v) is 22.9. The molecule has 1 aromatic carbocycles. The fraction of sp³-hybridized carbons (Fsp3) is 0.700. The van der Waals surface area contributed by atoms with Crippen molar-refractivity contribution in [1.29, 1.82) is 0 Å². The van der Waals surface area contributed by atoms with Gasteiger partial charge in [0.25, 0.3) is 5.91 Å². The van der Waals surface area contributed by atoms with Crippen LogP contribution in [0.4, 0.5) is 5.69 Å². The summed E-state index contributed by atoms with van der Waals surface area (Å²) < 4.78 is 11.8. The molecule has 1 aliphatic carbocycles. The van der Waals surface area contributed by atoms with Gasteiger partial charge < -0.3 is 19.3 Å². The maximum atomic E-state index is 13.2. The average molecular weight is 539 g/mol. The molecule has 9 heteroatoms. The molecule has 4 fully saturated rings. The van der Waals surface area contributed by atoms with Crippen LogP contribution in [-0.2, 0) is 25.6 Å². The van der Waals surface area contributed by atoms with Crippen molar-refractivity contribution in [3.63, 3.8) is 0 Å². The average Bonchev–Trinajstić information content (AvgIpc) is 3.29. The number of fused-ring (bicyclic) bond motifs is 1. The highest BCUT2D eigenvalue weighted by Gasteiger charge is 2.39. The first kappa shape index (κ1) is 26.7. The summed E-state index contributed by atoms with van der Waals surface area (Å²) in [5.74, 6) is 0.725. The Balaban J connectivity index is 0.949. The first-order valence-corrected chi connectivity index (χ1v) is 15.0. The molecule has 1 N–H and O–H groups in total. The standard InChI is InChI=1S/C30H42N4O5/c35-27-11-10-26(29(36)31-27)34-19-23-8-9-24(17-25(23)30(34)37)33-14-12-32(13-15-33)18-21-4-6-22(7-5-21)20-39-28-3-1-2-16-38-28/h8-9,17,21-22,26,28H,1-7,10-16,18-20H2,(H,31,35,36)/t21-,22+,26?,28?. The van der Waals surface area contributed by atoms with Gasteiger partial charge in [-0.05, 0) is 80.9 Å². The number of nitrogens with one attached hydrogen (secondary N) is 1. The summed E-state index contributed by atoms with van der Waals surface area (Å²) in [5, 5.41) is 2.38. The number of piperidine rings is 1. The first-order chi connectivity index (χ1) is 19.0. The number of carbonyl (C=O) groups is 3. The second-order valence-electron chi connectivity index (χ2n) is 12.0. The number of nitrogens with zero attached hydrogens (tertiary/aromatic N) is 3. The van der Waals surface area contributed by atoms with E-state index in [1.54, 1.807) is 4.90 Å². The van der Waals surface area contributed by atoms with E-state index in [1.807, 2.05) is 12.1 Å². The molecular weight excluding hydrogens is 496 g/mol. The number of imide groups is 1. The maximum Gasteiger partial charge on any atom is 0.255 e. The number of anilines is 1. The Morgan fingerprint density at radius 3 is 2.46 bits per heavy atom. The molecule has 9 nitrogen and oxygen atoms in total. The van der Waals surface area contributed by atoms with Crippen molar-refractivity contribution in [3.05, 3.63) is 29.3 Å². The number of rotatable bonds is 7. The topological polar surface area (TPSA) is 91.4 Å². The molecule has 6 rings (SSSR count). The Morgan fingerprint density at radius 2 is 1.72 bits per heavy atom. The van der Waals surface area contributed by atoms with E-state index in [4.69, 9.17) is 9.47 Å². The third-order valence-electron chi connectivity index (χ3n) is 9.39. The van der Waals surface area contributed by atoms with E-state index < -0.39 is 6.04 Å². The minimum Gasteiger partial charge on any atom is -0.369 e. The van der Waals surface area contributed by atoms with Gasteiger partial charge in [-0.15, -0.1) is 0 Å². The van der Waals surface area contributed by atoms with Gasteiger partial charge in [0.2, 0.25) is 11.8 Å². The summed E-state index contributed by atoms with van der Waals surface area (Å²) in [6.07, 6.45) is 9.22. The molecule has 0 bridgehead atoms. The van der Waals surface area contributed by atoms with E-state index in [2.05, 4.69) is 21.2 Å². The van der Waals surface area contributed by atoms with Crippen molar-refractivity contribution >= 4 is 23.4 Å². The third kappa shape index (κ3) is 6.15. The Morgan fingerprint density at radius 1 is 0.923 bits per heavy atom. The fourth-order valence-corrected chi connectivity index (χ4v) is 6.96. The summed E-state index contributed by atoms with van der Waals surface area (Å²) in [6, 6.07) is 5.57. The summed E-state index contributed by atoms with van der Waals surface area (Å²) >= 11 is 0. The molecule has 3 amide bonds. The maximum absolute atomic E-state index is 13.2.